The molecule has 0 atom stereocenters. The van der Waals surface area contributed by atoms with Gasteiger partial charge in [-0.25, -0.2) is 0 Å². The lowest BCUT2D eigenvalue weighted by atomic mass is 10.1. The van der Waals surface area contributed by atoms with E-state index in [0.29, 0.717) is 24.5 Å². The average molecular weight is 311 g/mol. The Morgan fingerprint density at radius 3 is 2.52 bits per heavy atom. The number of para-hydroxylation sites is 1. The summed E-state index contributed by atoms with van der Waals surface area (Å²) in [7, 11) is 0. The van der Waals surface area contributed by atoms with Gasteiger partial charge in [0.1, 0.15) is 5.75 Å². The SMILES string of the molecule is CCCCCOc1ccccc1C(=O)NCCc1ccccc1. The van der Waals surface area contributed by atoms with Gasteiger partial charge in [0, 0.05) is 6.54 Å². The lowest BCUT2D eigenvalue weighted by Crippen LogP contribution is -2.26. The Balaban J connectivity index is 1.86. The summed E-state index contributed by atoms with van der Waals surface area (Å²) >= 11 is 0. The minimum atomic E-state index is -0.0768. The van der Waals surface area contributed by atoms with Crippen molar-refractivity contribution in [1.29, 1.82) is 0 Å². The predicted octanol–water partition coefficient (Wildman–Crippen LogP) is 4.23. The van der Waals surface area contributed by atoms with Crippen molar-refractivity contribution in [3.8, 4) is 5.75 Å². The molecular weight excluding hydrogens is 286 g/mol. The lowest BCUT2D eigenvalue weighted by molar-refractivity contribution is 0.0950. The largest absolute Gasteiger partial charge is 0.493 e. The summed E-state index contributed by atoms with van der Waals surface area (Å²) in [4.78, 5) is 12.4. The molecule has 0 radical (unpaired) electrons. The second-order valence-corrected chi connectivity index (χ2v) is 5.54. The van der Waals surface area contributed by atoms with Crippen LogP contribution in [0.25, 0.3) is 0 Å². The summed E-state index contributed by atoms with van der Waals surface area (Å²) in [6.45, 7) is 3.43. The van der Waals surface area contributed by atoms with Crippen LogP contribution in [0.4, 0.5) is 0 Å². The summed E-state index contributed by atoms with van der Waals surface area (Å²) in [6, 6.07) is 17.6. The second kappa shape index (κ2) is 9.67. The van der Waals surface area contributed by atoms with E-state index >= 15 is 0 Å². The third-order valence-electron chi connectivity index (χ3n) is 3.68. The van der Waals surface area contributed by atoms with Gasteiger partial charge in [-0.05, 0) is 30.5 Å². The molecule has 2 rings (SSSR count). The fourth-order valence-electron chi connectivity index (χ4n) is 2.37. The van der Waals surface area contributed by atoms with Gasteiger partial charge >= 0.3 is 0 Å². The third kappa shape index (κ3) is 5.78. The summed E-state index contributed by atoms with van der Waals surface area (Å²) in [6.07, 6.45) is 4.14. The highest BCUT2D eigenvalue weighted by Crippen LogP contribution is 2.18. The van der Waals surface area contributed by atoms with E-state index in [2.05, 4.69) is 24.4 Å². The molecule has 23 heavy (non-hydrogen) atoms. The fraction of sp³-hybridized carbons (Fsp3) is 0.350. The van der Waals surface area contributed by atoms with E-state index in [0.717, 1.165) is 25.7 Å². The molecule has 0 aromatic heterocycles. The number of rotatable bonds is 9. The van der Waals surface area contributed by atoms with Crippen LogP contribution in [0.15, 0.2) is 54.6 Å². The summed E-state index contributed by atoms with van der Waals surface area (Å²) in [5.41, 5.74) is 1.83. The fourth-order valence-corrected chi connectivity index (χ4v) is 2.37. The predicted molar refractivity (Wildman–Crippen MR) is 93.9 cm³/mol. The molecule has 2 aromatic carbocycles. The first kappa shape index (κ1) is 17.1. The molecule has 0 saturated heterocycles. The van der Waals surface area contributed by atoms with E-state index in [1.807, 2.05) is 42.5 Å². The van der Waals surface area contributed by atoms with Crippen LogP contribution in [-0.4, -0.2) is 19.1 Å². The lowest BCUT2D eigenvalue weighted by Gasteiger charge is -2.11. The molecule has 0 aliphatic carbocycles. The zero-order chi connectivity index (χ0) is 16.3. The van der Waals surface area contributed by atoms with Crippen LogP contribution >= 0.6 is 0 Å². The molecular formula is C20H25NO2. The average Bonchev–Trinajstić information content (AvgIpc) is 2.60. The van der Waals surface area contributed by atoms with Crippen LogP contribution in [0, 0.1) is 0 Å². The summed E-state index contributed by atoms with van der Waals surface area (Å²) in [5, 5.41) is 2.97. The molecule has 0 fully saturated rings. The normalized spacial score (nSPS) is 10.3. The van der Waals surface area contributed by atoms with E-state index in [1.54, 1.807) is 0 Å². The van der Waals surface area contributed by atoms with Crippen LogP contribution < -0.4 is 10.1 Å². The molecule has 3 heteroatoms. The van der Waals surface area contributed by atoms with Crippen LogP contribution in [0.3, 0.4) is 0 Å². The number of ether oxygens (including phenoxy) is 1. The van der Waals surface area contributed by atoms with Crippen LogP contribution in [0.2, 0.25) is 0 Å². The van der Waals surface area contributed by atoms with Gasteiger partial charge in [-0.3, -0.25) is 4.79 Å². The van der Waals surface area contributed by atoms with Crippen molar-refractivity contribution in [3.05, 3.63) is 65.7 Å². The maximum absolute atomic E-state index is 12.4. The van der Waals surface area contributed by atoms with Crippen molar-refractivity contribution in [3.63, 3.8) is 0 Å². The van der Waals surface area contributed by atoms with E-state index in [9.17, 15) is 4.79 Å². The number of hydrogen-bond acceptors (Lipinski definition) is 2. The van der Waals surface area contributed by atoms with Crippen molar-refractivity contribution >= 4 is 5.91 Å². The van der Waals surface area contributed by atoms with Crippen molar-refractivity contribution in [2.45, 2.75) is 32.6 Å². The number of hydrogen-bond donors (Lipinski definition) is 1. The van der Waals surface area contributed by atoms with Crippen molar-refractivity contribution in [1.82, 2.24) is 5.32 Å². The minimum absolute atomic E-state index is 0.0768. The van der Waals surface area contributed by atoms with Crippen LogP contribution in [0.5, 0.6) is 5.75 Å². The zero-order valence-corrected chi connectivity index (χ0v) is 13.8. The van der Waals surface area contributed by atoms with Gasteiger partial charge in [-0.1, -0.05) is 62.2 Å². The van der Waals surface area contributed by atoms with Crippen LogP contribution in [0.1, 0.15) is 42.1 Å². The molecule has 0 spiro atoms. The highest BCUT2D eigenvalue weighted by molar-refractivity contribution is 5.96. The first-order chi connectivity index (χ1) is 11.3. The quantitative estimate of drug-likeness (QED) is 0.704. The Morgan fingerprint density at radius 1 is 1.00 bits per heavy atom. The van der Waals surface area contributed by atoms with E-state index in [-0.39, 0.29) is 5.91 Å². The molecule has 3 nitrogen and oxygen atoms in total. The van der Waals surface area contributed by atoms with Crippen molar-refractivity contribution < 1.29 is 9.53 Å². The summed E-state index contributed by atoms with van der Waals surface area (Å²) in [5.74, 6) is 0.591. The first-order valence-corrected chi connectivity index (χ1v) is 8.35. The molecule has 0 bridgehead atoms. The molecule has 0 aliphatic heterocycles. The third-order valence-corrected chi connectivity index (χ3v) is 3.68. The highest BCUT2D eigenvalue weighted by atomic mass is 16.5. The van der Waals surface area contributed by atoms with Gasteiger partial charge < -0.3 is 10.1 Å². The Bertz CT molecular complexity index is 596. The second-order valence-electron chi connectivity index (χ2n) is 5.54. The highest BCUT2D eigenvalue weighted by Gasteiger charge is 2.11. The smallest absolute Gasteiger partial charge is 0.255 e. The maximum atomic E-state index is 12.4. The molecule has 0 aliphatic rings. The van der Waals surface area contributed by atoms with Crippen molar-refractivity contribution in [2.75, 3.05) is 13.2 Å². The molecule has 0 saturated carbocycles. The molecule has 0 heterocycles. The Hall–Kier alpha value is -2.29. The maximum Gasteiger partial charge on any atom is 0.255 e. The zero-order valence-electron chi connectivity index (χ0n) is 13.8. The number of carbonyl (C=O) groups excluding carboxylic acids is 1. The minimum Gasteiger partial charge on any atom is -0.493 e. The monoisotopic (exact) mass is 311 g/mol. The van der Waals surface area contributed by atoms with Gasteiger partial charge in [0.25, 0.3) is 5.91 Å². The number of unbranched alkanes of at least 4 members (excludes halogenated alkanes) is 2. The van der Waals surface area contributed by atoms with Gasteiger partial charge in [0.2, 0.25) is 0 Å². The Kier molecular flexibility index (Phi) is 7.18. The molecule has 1 amide bonds. The number of carbonyl (C=O) groups is 1. The van der Waals surface area contributed by atoms with E-state index in [4.69, 9.17) is 4.74 Å². The van der Waals surface area contributed by atoms with Gasteiger partial charge in [0.05, 0.1) is 12.2 Å². The Morgan fingerprint density at radius 2 is 1.74 bits per heavy atom. The number of benzene rings is 2. The standard InChI is InChI=1S/C20H25NO2/c1-2-3-9-16-23-19-13-8-7-12-18(19)20(22)21-15-14-17-10-5-4-6-11-17/h4-8,10-13H,2-3,9,14-16H2,1H3,(H,21,22). The topological polar surface area (TPSA) is 38.3 Å². The Labute approximate surface area is 138 Å². The molecule has 122 valence electrons. The molecule has 1 N–H and O–H groups in total. The van der Waals surface area contributed by atoms with Gasteiger partial charge in [0.15, 0.2) is 0 Å². The number of nitrogens with one attached hydrogen (secondary N) is 1. The van der Waals surface area contributed by atoms with Crippen molar-refractivity contribution in [2.24, 2.45) is 0 Å². The van der Waals surface area contributed by atoms with Gasteiger partial charge in [-0.15, -0.1) is 0 Å². The first-order valence-electron chi connectivity index (χ1n) is 8.35. The molecule has 0 unspecified atom stereocenters. The van der Waals surface area contributed by atoms with Gasteiger partial charge in [-0.2, -0.15) is 0 Å². The molecule has 2 aromatic rings. The number of amides is 1. The summed E-state index contributed by atoms with van der Waals surface area (Å²) < 4.78 is 5.76. The van der Waals surface area contributed by atoms with E-state index in [1.165, 1.54) is 5.56 Å². The van der Waals surface area contributed by atoms with E-state index < -0.39 is 0 Å². The van der Waals surface area contributed by atoms with Crippen LogP contribution in [-0.2, 0) is 6.42 Å².